The third-order valence-electron chi connectivity index (χ3n) is 5.62. The van der Waals surface area contributed by atoms with E-state index in [1.54, 1.807) is 31.2 Å². The van der Waals surface area contributed by atoms with Gasteiger partial charge in [-0.25, -0.2) is 14.4 Å². The van der Waals surface area contributed by atoms with Crippen LogP contribution in [0.5, 0.6) is 5.75 Å². The van der Waals surface area contributed by atoms with E-state index in [9.17, 15) is 9.65 Å². The highest BCUT2D eigenvalue weighted by atomic mass is 19.1. The fourth-order valence-electron chi connectivity index (χ4n) is 4.08. The summed E-state index contributed by atoms with van der Waals surface area (Å²) in [6.07, 6.45) is 0.603. The Bertz CT molecular complexity index is 1450. The lowest BCUT2D eigenvalue weighted by atomic mass is 10.0. The quantitative estimate of drug-likeness (QED) is 0.168. The number of anilines is 1. The Kier molecular flexibility index (Phi) is 8.30. The molecule has 0 radical (unpaired) electrons. The molecular formula is C27H28FN5O4. The van der Waals surface area contributed by atoms with E-state index in [1.807, 2.05) is 24.1 Å². The molecule has 0 spiro atoms. The maximum Gasteiger partial charge on any atom is 0.289 e. The van der Waals surface area contributed by atoms with Crippen molar-refractivity contribution in [2.24, 2.45) is 0 Å². The van der Waals surface area contributed by atoms with Crippen molar-refractivity contribution >= 4 is 27.6 Å². The van der Waals surface area contributed by atoms with Crippen LogP contribution < -0.4 is 9.64 Å². The van der Waals surface area contributed by atoms with Crippen LogP contribution in [0, 0.1) is 24.1 Å². The lowest BCUT2D eigenvalue weighted by Gasteiger charge is -2.18. The predicted molar refractivity (Wildman–Crippen MR) is 139 cm³/mol. The van der Waals surface area contributed by atoms with Crippen molar-refractivity contribution in [3.8, 4) is 23.1 Å². The Hall–Kier alpha value is -4.04. The van der Waals surface area contributed by atoms with Gasteiger partial charge in [-0.2, -0.15) is 5.26 Å². The summed E-state index contributed by atoms with van der Waals surface area (Å²) in [6, 6.07) is 12.0. The van der Waals surface area contributed by atoms with Crippen LogP contribution in [-0.2, 0) is 9.47 Å². The molecule has 0 amide bonds. The first-order chi connectivity index (χ1) is 17.9. The standard InChI is InChI=1S/C27H28FN5O4/c1-4-8-33(3)22-15-19(28)14-21-24-25(30-17(2)31-27(24)32-26(21)22)18-6-5-7-20(13-18)37-23(16-29)36-12-11-35-10-9-34/h4-7,13-15,23,34H,1,8-12H2,2-3H3,(H,30,31,32). The van der Waals surface area contributed by atoms with Crippen molar-refractivity contribution in [2.45, 2.75) is 13.2 Å². The molecule has 2 heterocycles. The van der Waals surface area contributed by atoms with Gasteiger partial charge in [0.2, 0.25) is 0 Å². The van der Waals surface area contributed by atoms with Gasteiger partial charge in [0.15, 0.2) is 0 Å². The first-order valence-corrected chi connectivity index (χ1v) is 11.7. The lowest BCUT2D eigenvalue weighted by molar-refractivity contribution is -0.0631. The lowest BCUT2D eigenvalue weighted by Crippen LogP contribution is -2.21. The van der Waals surface area contributed by atoms with Crippen molar-refractivity contribution in [3.63, 3.8) is 0 Å². The van der Waals surface area contributed by atoms with E-state index >= 15 is 0 Å². The summed E-state index contributed by atoms with van der Waals surface area (Å²) in [5, 5.41) is 19.5. The minimum absolute atomic E-state index is 0.0866. The minimum Gasteiger partial charge on any atom is -0.451 e. The summed E-state index contributed by atoms with van der Waals surface area (Å²) in [6.45, 7) is 6.57. The monoisotopic (exact) mass is 505 g/mol. The fourth-order valence-corrected chi connectivity index (χ4v) is 4.08. The van der Waals surface area contributed by atoms with Crippen LogP contribution in [0.1, 0.15) is 5.82 Å². The van der Waals surface area contributed by atoms with E-state index in [-0.39, 0.29) is 32.2 Å². The highest BCUT2D eigenvalue weighted by Crippen LogP contribution is 2.37. The number of hydrogen-bond acceptors (Lipinski definition) is 8. The number of nitriles is 1. The number of ether oxygens (including phenoxy) is 3. The van der Waals surface area contributed by atoms with Crippen molar-refractivity contribution < 1.29 is 23.7 Å². The number of aromatic amines is 1. The number of H-pyrrole nitrogens is 1. The summed E-state index contributed by atoms with van der Waals surface area (Å²) in [5.41, 5.74) is 3.33. The summed E-state index contributed by atoms with van der Waals surface area (Å²) >= 11 is 0. The molecule has 0 aliphatic heterocycles. The van der Waals surface area contributed by atoms with E-state index in [4.69, 9.17) is 19.3 Å². The van der Waals surface area contributed by atoms with Crippen LogP contribution >= 0.6 is 0 Å². The average Bonchev–Trinajstić information content (AvgIpc) is 3.25. The second kappa shape index (κ2) is 11.8. The molecule has 2 aromatic carbocycles. The van der Waals surface area contributed by atoms with E-state index in [1.165, 1.54) is 12.1 Å². The van der Waals surface area contributed by atoms with Crippen LogP contribution in [0.2, 0.25) is 0 Å². The summed E-state index contributed by atoms with van der Waals surface area (Å²) in [4.78, 5) is 14.5. The predicted octanol–water partition coefficient (Wildman–Crippen LogP) is 4.10. The number of aliphatic hydroxyl groups excluding tert-OH is 1. The fraction of sp³-hybridized carbons (Fsp3) is 0.296. The van der Waals surface area contributed by atoms with Crippen LogP contribution in [0.25, 0.3) is 33.2 Å². The van der Waals surface area contributed by atoms with Crippen molar-refractivity contribution in [2.75, 3.05) is 44.9 Å². The zero-order valence-corrected chi connectivity index (χ0v) is 20.7. The topological polar surface area (TPSA) is 117 Å². The minimum atomic E-state index is -1.15. The molecule has 1 unspecified atom stereocenters. The highest BCUT2D eigenvalue weighted by Gasteiger charge is 2.19. The molecule has 0 saturated carbocycles. The molecule has 1 atom stereocenters. The maximum absolute atomic E-state index is 14.7. The van der Waals surface area contributed by atoms with Crippen LogP contribution in [-0.4, -0.2) is 66.4 Å². The molecule has 4 rings (SSSR count). The van der Waals surface area contributed by atoms with Gasteiger partial charge < -0.3 is 29.2 Å². The molecule has 2 N–H and O–H groups in total. The third kappa shape index (κ3) is 5.86. The SMILES string of the molecule is C=CCN(C)c1cc(F)cc2c1[nH]c1nc(C)nc(-c3cccc(OC(C#N)OCCOCCO)c3)c12. The van der Waals surface area contributed by atoms with Gasteiger partial charge in [0.05, 0.1) is 48.7 Å². The van der Waals surface area contributed by atoms with Gasteiger partial charge in [0.25, 0.3) is 6.29 Å². The van der Waals surface area contributed by atoms with Crippen molar-refractivity contribution in [1.29, 1.82) is 5.26 Å². The summed E-state index contributed by atoms with van der Waals surface area (Å²) in [5.74, 6) is 0.574. The number of rotatable bonds is 12. The van der Waals surface area contributed by atoms with E-state index in [0.717, 1.165) is 5.52 Å². The normalized spacial score (nSPS) is 12.0. The van der Waals surface area contributed by atoms with Crippen LogP contribution in [0.4, 0.5) is 10.1 Å². The molecule has 0 fully saturated rings. The number of likely N-dealkylation sites (N-methyl/N-ethyl adjacent to an activating group) is 1. The molecule has 0 aliphatic rings. The molecule has 0 saturated heterocycles. The van der Waals surface area contributed by atoms with Gasteiger partial charge >= 0.3 is 0 Å². The molecule has 37 heavy (non-hydrogen) atoms. The van der Waals surface area contributed by atoms with Gasteiger partial charge in [-0.05, 0) is 31.2 Å². The second-order valence-corrected chi connectivity index (χ2v) is 8.30. The Morgan fingerprint density at radius 1 is 1.24 bits per heavy atom. The molecule has 192 valence electrons. The van der Waals surface area contributed by atoms with Gasteiger partial charge in [0.1, 0.15) is 29.1 Å². The van der Waals surface area contributed by atoms with Gasteiger partial charge in [-0.3, -0.25) is 0 Å². The van der Waals surface area contributed by atoms with Gasteiger partial charge in [0, 0.05) is 24.5 Å². The van der Waals surface area contributed by atoms with E-state index < -0.39 is 6.29 Å². The Morgan fingerprint density at radius 3 is 2.84 bits per heavy atom. The Labute approximate surface area is 213 Å². The number of nitrogens with zero attached hydrogens (tertiary/aromatic N) is 4. The molecule has 4 aromatic rings. The third-order valence-corrected chi connectivity index (χ3v) is 5.62. The molecular weight excluding hydrogens is 477 g/mol. The van der Waals surface area contributed by atoms with Gasteiger partial charge in [-0.15, -0.1) is 6.58 Å². The molecule has 0 aliphatic carbocycles. The maximum atomic E-state index is 14.7. The van der Waals surface area contributed by atoms with E-state index in [0.29, 0.717) is 51.5 Å². The molecule has 0 bridgehead atoms. The average molecular weight is 506 g/mol. The number of nitrogens with one attached hydrogen (secondary N) is 1. The van der Waals surface area contributed by atoms with Crippen molar-refractivity contribution in [1.82, 2.24) is 15.0 Å². The zero-order valence-electron chi connectivity index (χ0n) is 20.7. The Morgan fingerprint density at radius 2 is 2.08 bits per heavy atom. The summed E-state index contributed by atoms with van der Waals surface area (Å²) in [7, 11) is 1.87. The molecule has 10 heteroatoms. The molecule has 2 aromatic heterocycles. The van der Waals surface area contributed by atoms with Crippen molar-refractivity contribution in [3.05, 3.63) is 60.7 Å². The van der Waals surface area contributed by atoms with Crippen LogP contribution in [0.3, 0.4) is 0 Å². The van der Waals surface area contributed by atoms with Gasteiger partial charge in [-0.1, -0.05) is 18.2 Å². The first kappa shape index (κ1) is 26.0. The first-order valence-electron chi connectivity index (χ1n) is 11.7. The van der Waals surface area contributed by atoms with E-state index in [2.05, 4.69) is 21.5 Å². The molecule has 9 nitrogen and oxygen atoms in total. The number of aryl methyl sites for hydroxylation is 1. The number of aromatic nitrogens is 3. The number of hydrogen-bond donors (Lipinski definition) is 2. The number of aliphatic hydroxyl groups is 1. The summed E-state index contributed by atoms with van der Waals surface area (Å²) < 4.78 is 31.0. The second-order valence-electron chi connectivity index (χ2n) is 8.30. The number of halogens is 1. The van der Waals surface area contributed by atoms with Crippen LogP contribution in [0.15, 0.2) is 49.1 Å². The number of fused-ring (bicyclic) bond motifs is 3. The largest absolute Gasteiger partial charge is 0.451 e. The highest BCUT2D eigenvalue weighted by molar-refractivity contribution is 6.15. The smallest absolute Gasteiger partial charge is 0.289 e. The number of benzene rings is 2. The zero-order chi connectivity index (χ0) is 26.4. The Balaban J connectivity index is 1.72.